The second kappa shape index (κ2) is 5.37. The van der Waals surface area contributed by atoms with E-state index in [1.807, 2.05) is 19.1 Å². The number of pyridine rings is 1. The number of amides is 1. The Morgan fingerprint density at radius 3 is 2.93 bits per heavy atom. The van der Waals surface area contributed by atoms with Crippen LogP contribution in [-0.2, 0) is 11.2 Å². The van der Waals surface area contributed by atoms with Crippen molar-refractivity contribution in [2.24, 2.45) is 0 Å². The summed E-state index contributed by atoms with van der Waals surface area (Å²) in [7, 11) is 0. The van der Waals surface area contributed by atoms with E-state index in [2.05, 4.69) is 17.2 Å². The summed E-state index contributed by atoms with van der Waals surface area (Å²) < 4.78 is 0. The molecule has 1 aromatic heterocycles. The lowest BCUT2D eigenvalue weighted by Gasteiger charge is -2.04. The molecule has 1 N–H and O–H groups in total. The van der Waals surface area contributed by atoms with Crippen molar-refractivity contribution < 1.29 is 4.79 Å². The van der Waals surface area contributed by atoms with Crippen LogP contribution in [0.3, 0.4) is 0 Å². The Kier molecular flexibility index (Phi) is 4.11. The standard InChI is InChI=1S/C11H16N2O/c1-3-5-9-6-7-12-10(8-9)13-11(14)4-2/h6-8H,3-5H2,1-2H3,(H,12,13,14). The third-order valence-electron chi connectivity index (χ3n) is 1.95. The van der Waals surface area contributed by atoms with Gasteiger partial charge >= 0.3 is 0 Å². The van der Waals surface area contributed by atoms with Crippen molar-refractivity contribution in [3.05, 3.63) is 23.9 Å². The number of aromatic nitrogens is 1. The maximum atomic E-state index is 11.1. The van der Waals surface area contributed by atoms with Gasteiger partial charge < -0.3 is 5.32 Å². The van der Waals surface area contributed by atoms with E-state index < -0.39 is 0 Å². The first kappa shape index (κ1) is 10.7. The first-order valence-corrected chi connectivity index (χ1v) is 5.01. The molecule has 3 heteroatoms. The van der Waals surface area contributed by atoms with E-state index >= 15 is 0 Å². The second-order valence-electron chi connectivity index (χ2n) is 3.20. The monoisotopic (exact) mass is 192 g/mol. The van der Waals surface area contributed by atoms with Crippen molar-refractivity contribution in [1.82, 2.24) is 4.98 Å². The number of aryl methyl sites for hydroxylation is 1. The number of hydrogen-bond acceptors (Lipinski definition) is 2. The summed E-state index contributed by atoms with van der Waals surface area (Å²) in [5.41, 5.74) is 1.22. The molecule has 1 heterocycles. The highest BCUT2D eigenvalue weighted by atomic mass is 16.1. The molecule has 0 aliphatic carbocycles. The van der Waals surface area contributed by atoms with Crippen molar-refractivity contribution in [3.8, 4) is 0 Å². The van der Waals surface area contributed by atoms with E-state index in [9.17, 15) is 4.79 Å². The summed E-state index contributed by atoms with van der Waals surface area (Å²) in [5.74, 6) is 0.661. The fourth-order valence-corrected chi connectivity index (χ4v) is 1.22. The van der Waals surface area contributed by atoms with Gasteiger partial charge in [0.1, 0.15) is 5.82 Å². The molecule has 0 radical (unpaired) electrons. The summed E-state index contributed by atoms with van der Waals surface area (Å²) in [6.45, 7) is 3.95. The fraction of sp³-hybridized carbons (Fsp3) is 0.455. The van der Waals surface area contributed by atoms with E-state index in [1.165, 1.54) is 5.56 Å². The minimum atomic E-state index is 0.00569. The molecular weight excluding hydrogens is 176 g/mol. The molecular formula is C11H16N2O. The average molecular weight is 192 g/mol. The minimum absolute atomic E-state index is 0.00569. The number of nitrogens with one attached hydrogen (secondary N) is 1. The molecule has 76 valence electrons. The fourth-order valence-electron chi connectivity index (χ4n) is 1.22. The molecule has 0 atom stereocenters. The van der Waals surface area contributed by atoms with Crippen molar-refractivity contribution in [3.63, 3.8) is 0 Å². The van der Waals surface area contributed by atoms with Crippen LogP contribution in [0.25, 0.3) is 0 Å². The highest BCUT2D eigenvalue weighted by Gasteiger charge is 2.00. The largest absolute Gasteiger partial charge is 0.311 e. The maximum absolute atomic E-state index is 11.1. The average Bonchev–Trinajstić information content (AvgIpc) is 2.19. The van der Waals surface area contributed by atoms with Crippen LogP contribution in [0.1, 0.15) is 32.3 Å². The zero-order chi connectivity index (χ0) is 10.4. The lowest BCUT2D eigenvalue weighted by atomic mass is 10.1. The van der Waals surface area contributed by atoms with E-state index in [1.54, 1.807) is 6.20 Å². The van der Waals surface area contributed by atoms with Gasteiger partial charge in [0.25, 0.3) is 0 Å². The molecule has 1 rings (SSSR count). The topological polar surface area (TPSA) is 42.0 Å². The van der Waals surface area contributed by atoms with Crippen LogP contribution in [0.5, 0.6) is 0 Å². The Balaban J connectivity index is 2.68. The predicted octanol–water partition coefficient (Wildman–Crippen LogP) is 2.38. The Morgan fingerprint density at radius 2 is 2.29 bits per heavy atom. The number of carbonyl (C=O) groups is 1. The SMILES string of the molecule is CCCc1ccnc(NC(=O)CC)c1. The van der Waals surface area contributed by atoms with Crippen LogP contribution < -0.4 is 5.32 Å². The summed E-state index contributed by atoms with van der Waals surface area (Å²) >= 11 is 0. The molecule has 0 aliphatic rings. The molecule has 0 unspecified atom stereocenters. The quantitative estimate of drug-likeness (QED) is 0.795. The Morgan fingerprint density at radius 1 is 1.50 bits per heavy atom. The Hall–Kier alpha value is -1.38. The lowest BCUT2D eigenvalue weighted by molar-refractivity contribution is -0.115. The third-order valence-corrected chi connectivity index (χ3v) is 1.95. The van der Waals surface area contributed by atoms with Gasteiger partial charge in [0.05, 0.1) is 0 Å². The van der Waals surface area contributed by atoms with Gasteiger partial charge in [0, 0.05) is 12.6 Å². The summed E-state index contributed by atoms with van der Waals surface area (Å²) in [5, 5.41) is 2.74. The highest BCUT2D eigenvalue weighted by molar-refractivity contribution is 5.89. The zero-order valence-corrected chi connectivity index (χ0v) is 8.71. The number of carbonyl (C=O) groups excluding carboxylic acids is 1. The van der Waals surface area contributed by atoms with Crippen LogP contribution in [0.15, 0.2) is 18.3 Å². The van der Waals surface area contributed by atoms with Crippen LogP contribution in [0, 0.1) is 0 Å². The molecule has 1 aromatic rings. The van der Waals surface area contributed by atoms with Gasteiger partial charge in [0.2, 0.25) is 5.91 Å². The van der Waals surface area contributed by atoms with Gasteiger partial charge in [-0.2, -0.15) is 0 Å². The third kappa shape index (κ3) is 3.17. The molecule has 1 amide bonds. The summed E-state index contributed by atoms with van der Waals surface area (Å²) in [6.07, 6.45) is 4.35. The normalized spacial score (nSPS) is 9.86. The molecule has 0 aliphatic heterocycles. The zero-order valence-electron chi connectivity index (χ0n) is 8.71. The number of nitrogens with zero attached hydrogens (tertiary/aromatic N) is 1. The number of anilines is 1. The molecule has 0 aromatic carbocycles. The number of hydrogen-bond donors (Lipinski definition) is 1. The lowest BCUT2D eigenvalue weighted by Crippen LogP contribution is -2.10. The molecule has 3 nitrogen and oxygen atoms in total. The van der Waals surface area contributed by atoms with Gasteiger partial charge in [-0.3, -0.25) is 4.79 Å². The Bertz CT molecular complexity index is 310. The molecule has 0 saturated heterocycles. The molecule has 0 fully saturated rings. The Labute approximate surface area is 84.6 Å². The van der Waals surface area contributed by atoms with E-state index in [-0.39, 0.29) is 5.91 Å². The van der Waals surface area contributed by atoms with Gasteiger partial charge in [-0.25, -0.2) is 4.98 Å². The molecule has 14 heavy (non-hydrogen) atoms. The van der Waals surface area contributed by atoms with Crippen LogP contribution in [0.4, 0.5) is 5.82 Å². The van der Waals surface area contributed by atoms with Crippen LogP contribution in [0.2, 0.25) is 0 Å². The van der Waals surface area contributed by atoms with E-state index in [0.717, 1.165) is 12.8 Å². The molecule has 0 saturated carbocycles. The van der Waals surface area contributed by atoms with Gasteiger partial charge in [-0.1, -0.05) is 20.3 Å². The van der Waals surface area contributed by atoms with Crippen LogP contribution in [-0.4, -0.2) is 10.9 Å². The second-order valence-corrected chi connectivity index (χ2v) is 3.20. The van der Waals surface area contributed by atoms with Crippen LogP contribution >= 0.6 is 0 Å². The first-order chi connectivity index (χ1) is 6.76. The van der Waals surface area contributed by atoms with Crippen molar-refractivity contribution >= 4 is 11.7 Å². The van der Waals surface area contributed by atoms with E-state index in [4.69, 9.17) is 0 Å². The minimum Gasteiger partial charge on any atom is -0.311 e. The smallest absolute Gasteiger partial charge is 0.225 e. The maximum Gasteiger partial charge on any atom is 0.225 e. The van der Waals surface area contributed by atoms with Gasteiger partial charge in [-0.05, 0) is 24.1 Å². The van der Waals surface area contributed by atoms with Crippen molar-refractivity contribution in [1.29, 1.82) is 0 Å². The molecule has 0 spiro atoms. The number of rotatable bonds is 4. The first-order valence-electron chi connectivity index (χ1n) is 5.01. The van der Waals surface area contributed by atoms with Gasteiger partial charge in [-0.15, -0.1) is 0 Å². The van der Waals surface area contributed by atoms with E-state index in [0.29, 0.717) is 12.2 Å². The van der Waals surface area contributed by atoms with Crippen molar-refractivity contribution in [2.75, 3.05) is 5.32 Å². The summed E-state index contributed by atoms with van der Waals surface area (Å²) in [6, 6.07) is 3.90. The summed E-state index contributed by atoms with van der Waals surface area (Å²) in [4.78, 5) is 15.2. The highest BCUT2D eigenvalue weighted by Crippen LogP contribution is 2.08. The molecule has 0 bridgehead atoms. The predicted molar refractivity (Wildman–Crippen MR) is 57.2 cm³/mol. The van der Waals surface area contributed by atoms with Crippen molar-refractivity contribution in [2.45, 2.75) is 33.1 Å². The van der Waals surface area contributed by atoms with Gasteiger partial charge in [0.15, 0.2) is 0 Å².